The third kappa shape index (κ3) is 3.54. The standard InChI is InChI=1S/C13H15ClN2O4/c1-19-11-3-2-9(8-10(11)14)15-12(17)4-5-16-6-7-20-13(16)18/h2-3,8H,4-7H2,1H3,(H,15,17). The average Bonchev–Trinajstić information content (AvgIpc) is 2.82. The van der Waals surface area contributed by atoms with Crippen molar-refractivity contribution >= 4 is 29.3 Å². The number of rotatable bonds is 5. The Hall–Kier alpha value is -1.95. The van der Waals surface area contributed by atoms with Gasteiger partial charge in [0.25, 0.3) is 0 Å². The van der Waals surface area contributed by atoms with Gasteiger partial charge in [-0.1, -0.05) is 11.6 Å². The zero-order valence-corrected chi connectivity index (χ0v) is 11.8. The summed E-state index contributed by atoms with van der Waals surface area (Å²) in [5, 5.41) is 3.14. The summed E-state index contributed by atoms with van der Waals surface area (Å²) in [6.07, 6.45) is -0.163. The van der Waals surface area contributed by atoms with Gasteiger partial charge < -0.3 is 19.7 Å². The van der Waals surface area contributed by atoms with Gasteiger partial charge in [0.1, 0.15) is 12.4 Å². The maximum atomic E-state index is 11.8. The van der Waals surface area contributed by atoms with Gasteiger partial charge >= 0.3 is 6.09 Å². The van der Waals surface area contributed by atoms with Gasteiger partial charge in [0, 0.05) is 18.7 Å². The first kappa shape index (κ1) is 14.5. The molecule has 1 fully saturated rings. The van der Waals surface area contributed by atoms with Crippen molar-refractivity contribution in [2.24, 2.45) is 0 Å². The van der Waals surface area contributed by atoms with Gasteiger partial charge in [0.15, 0.2) is 0 Å². The van der Waals surface area contributed by atoms with E-state index in [1.54, 1.807) is 18.2 Å². The highest BCUT2D eigenvalue weighted by atomic mass is 35.5. The van der Waals surface area contributed by atoms with Crippen molar-refractivity contribution in [2.45, 2.75) is 6.42 Å². The van der Waals surface area contributed by atoms with E-state index < -0.39 is 0 Å². The van der Waals surface area contributed by atoms with Crippen LogP contribution in [-0.2, 0) is 9.53 Å². The van der Waals surface area contributed by atoms with E-state index >= 15 is 0 Å². The molecule has 1 heterocycles. The third-order valence-electron chi connectivity index (χ3n) is 2.89. The van der Waals surface area contributed by atoms with Gasteiger partial charge in [0.05, 0.1) is 18.7 Å². The minimum absolute atomic E-state index is 0.189. The zero-order valence-electron chi connectivity index (χ0n) is 11.0. The van der Waals surface area contributed by atoms with Crippen LogP contribution in [0.25, 0.3) is 0 Å². The number of nitrogens with one attached hydrogen (secondary N) is 1. The van der Waals surface area contributed by atoms with Crippen molar-refractivity contribution in [1.82, 2.24) is 4.90 Å². The van der Waals surface area contributed by atoms with Crippen LogP contribution in [0.4, 0.5) is 10.5 Å². The highest BCUT2D eigenvalue weighted by Gasteiger charge is 2.22. The average molecular weight is 299 g/mol. The fourth-order valence-corrected chi connectivity index (χ4v) is 2.09. The summed E-state index contributed by atoms with van der Waals surface area (Å²) >= 11 is 5.97. The smallest absolute Gasteiger partial charge is 0.409 e. The molecule has 0 atom stereocenters. The molecule has 2 amide bonds. The van der Waals surface area contributed by atoms with Gasteiger partial charge in [-0.05, 0) is 18.2 Å². The second-order valence-corrected chi connectivity index (χ2v) is 4.66. The van der Waals surface area contributed by atoms with Crippen molar-refractivity contribution in [2.75, 3.05) is 32.1 Å². The van der Waals surface area contributed by atoms with Gasteiger partial charge in [-0.15, -0.1) is 0 Å². The van der Waals surface area contributed by atoms with Crippen molar-refractivity contribution in [3.05, 3.63) is 23.2 Å². The highest BCUT2D eigenvalue weighted by Crippen LogP contribution is 2.27. The quantitative estimate of drug-likeness (QED) is 0.904. The Morgan fingerprint density at radius 2 is 2.35 bits per heavy atom. The number of ether oxygens (including phenoxy) is 2. The number of carbonyl (C=O) groups is 2. The molecule has 0 spiro atoms. The van der Waals surface area contributed by atoms with Crippen LogP contribution >= 0.6 is 11.6 Å². The summed E-state index contributed by atoms with van der Waals surface area (Å²) in [7, 11) is 1.52. The Labute approximate surface area is 121 Å². The van der Waals surface area contributed by atoms with E-state index in [0.717, 1.165) is 0 Å². The highest BCUT2D eigenvalue weighted by molar-refractivity contribution is 6.32. The molecule has 1 saturated heterocycles. The molecule has 1 N–H and O–H groups in total. The maximum absolute atomic E-state index is 11.8. The number of benzene rings is 1. The molecule has 108 valence electrons. The van der Waals surface area contributed by atoms with Crippen LogP contribution in [0.15, 0.2) is 18.2 Å². The summed E-state index contributed by atoms with van der Waals surface area (Å²) in [4.78, 5) is 24.5. The zero-order chi connectivity index (χ0) is 14.5. The lowest BCUT2D eigenvalue weighted by atomic mass is 10.3. The van der Waals surface area contributed by atoms with Gasteiger partial charge in [-0.25, -0.2) is 4.79 Å². The summed E-state index contributed by atoms with van der Waals surface area (Å²) in [6, 6.07) is 4.99. The molecule has 1 aromatic rings. The van der Waals surface area contributed by atoms with Crippen molar-refractivity contribution in [3.63, 3.8) is 0 Å². The van der Waals surface area contributed by atoms with Crippen molar-refractivity contribution < 1.29 is 19.1 Å². The Balaban J connectivity index is 1.85. The molecule has 0 unspecified atom stereocenters. The minimum Gasteiger partial charge on any atom is -0.495 e. The van der Waals surface area contributed by atoms with Crippen LogP contribution in [0.5, 0.6) is 5.75 Å². The van der Waals surface area contributed by atoms with Crippen LogP contribution in [0.3, 0.4) is 0 Å². The van der Waals surface area contributed by atoms with Gasteiger partial charge in [-0.3, -0.25) is 4.79 Å². The van der Waals surface area contributed by atoms with Crippen LogP contribution in [0.2, 0.25) is 5.02 Å². The number of anilines is 1. The number of nitrogens with zero attached hydrogens (tertiary/aromatic N) is 1. The molecule has 7 heteroatoms. The number of hydrogen-bond acceptors (Lipinski definition) is 4. The van der Waals surface area contributed by atoms with E-state index in [4.69, 9.17) is 21.1 Å². The first-order chi connectivity index (χ1) is 9.60. The second kappa shape index (κ2) is 6.47. The number of cyclic esters (lactones) is 1. The van der Waals surface area contributed by atoms with E-state index in [2.05, 4.69) is 5.32 Å². The van der Waals surface area contributed by atoms with Crippen molar-refractivity contribution in [1.29, 1.82) is 0 Å². The first-order valence-electron chi connectivity index (χ1n) is 6.15. The SMILES string of the molecule is COc1ccc(NC(=O)CCN2CCOC2=O)cc1Cl. The fraction of sp³-hybridized carbons (Fsp3) is 0.385. The number of methoxy groups -OCH3 is 1. The number of amides is 2. The molecule has 0 radical (unpaired) electrons. The maximum Gasteiger partial charge on any atom is 0.409 e. The molecule has 2 rings (SSSR count). The monoisotopic (exact) mass is 298 g/mol. The largest absolute Gasteiger partial charge is 0.495 e. The molecular formula is C13H15ClN2O4. The molecule has 0 saturated carbocycles. The minimum atomic E-state index is -0.370. The normalized spacial score (nSPS) is 14.1. The molecule has 1 aromatic carbocycles. The summed E-state index contributed by atoms with van der Waals surface area (Å²) in [5.74, 6) is 0.357. The predicted molar refractivity (Wildman–Crippen MR) is 74.2 cm³/mol. The number of hydrogen-bond donors (Lipinski definition) is 1. The Morgan fingerprint density at radius 3 is 2.95 bits per heavy atom. The van der Waals surface area contributed by atoms with E-state index in [1.807, 2.05) is 0 Å². The Morgan fingerprint density at radius 1 is 1.55 bits per heavy atom. The van der Waals surface area contributed by atoms with Gasteiger partial charge in [0.2, 0.25) is 5.91 Å². The lowest BCUT2D eigenvalue weighted by Crippen LogP contribution is -2.28. The Bertz CT molecular complexity index is 521. The molecule has 1 aliphatic rings. The van der Waals surface area contributed by atoms with E-state index in [1.165, 1.54) is 12.0 Å². The molecule has 0 aromatic heterocycles. The van der Waals surface area contributed by atoms with Crippen molar-refractivity contribution in [3.8, 4) is 5.75 Å². The van der Waals surface area contributed by atoms with E-state index in [-0.39, 0.29) is 18.4 Å². The lowest BCUT2D eigenvalue weighted by Gasteiger charge is -2.12. The van der Waals surface area contributed by atoms with E-state index in [0.29, 0.717) is 36.2 Å². The molecule has 6 nitrogen and oxygen atoms in total. The third-order valence-corrected chi connectivity index (χ3v) is 3.18. The fourth-order valence-electron chi connectivity index (χ4n) is 1.83. The molecule has 0 aliphatic carbocycles. The Kier molecular flexibility index (Phi) is 4.68. The van der Waals surface area contributed by atoms with Crippen LogP contribution in [0, 0.1) is 0 Å². The number of halogens is 1. The molecule has 1 aliphatic heterocycles. The summed E-state index contributed by atoms with van der Waals surface area (Å²) < 4.78 is 9.81. The lowest BCUT2D eigenvalue weighted by molar-refractivity contribution is -0.116. The van der Waals surface area contributed by atoms with Crippen LogP contribution in [-0.4, -0.2) is 43.7 Å². The number of carbonyl (C=O) groups excluding carboxylic acids is 2. The molecule has 20 heavy (non-hydrogen) atoms. The molecule has 0 bridgehead atoms. The first-order valence-corrected chi connectivity index (χ1v) is 6.53. The summed E-state index contributed by atoms with van der Waals surface area (Å²) in [6.45, 7) is 1.25. The van der Waals surface area contributed by atoms with Crippen LogP contribution in [0.1, 0.15) is 6.42 Å². The molecular weight excluding hydrogens is 284 g/mol. The van der Waals surface area contributed by atoms with Gasteiger partial charge in [-0.2, -0.15) is 0 Å². The van der Waals surface area contributed by atoms with Crippen LogP contribution < -0.4 is 10.1 Å². The second-order valence-electron chi connectivity index (χ2n) is 4.25. The van der Waals surface area contributed by atoms with E-state index in [9.17, 15) is 9.59 Å². The summed E-state index contributed by atoms with van der Waals surface area (Å²) in [5.41, 5.74) is 0.588. The topological polar surface area (TPSA) is 67.9 Å². The predicted octanol–water partition coefficient (Wildman–Crippen LogP) is 2.13.